The minimum absolute atomic E-state index is 0.0605. The summed E-state index contributed by atoms with van der Waals surface area (Å²) in [7, 11) is 0. The maximum atomic E-state index is 12.2. The molecule has 0 aliphatic carbocycles. The molecule has 1 aliphatic heterocycles. The van der Waals surface area contributed by atoms with Crippen LogP contribution in [0.2, 0.25) is 0 Å². The van der Waals surface area contributed by atoms with Crippen molar-refractivity contribution < 1.29 is 9.59 Å². The summed E-state index contributed by atoms with van der Waals surface area (Å²) in [5.74, 6) is 0.0528. The largest absolute Gasteiger partial charge is 0.353 e. The van der Waals surface area contributed by atoms with Gasteiger partial charge in [-0.3, -0.25) is 9.59 Å². The zero-order chi connectivity index (χ0) is 15.7. The van der Waals surface area contributed by atoms with Gasteiger partial charge in [-0.05, 0) is 19.8 Å². The van der Waals surface area contributed by atoms with Crippen LogP contribution in [0.3, 0.4) is 0 Å². The predicted molar refractivity (Wildman–Crippen MR) is 86.0 cm³/mol. The van der Waals surface area contributed by atoms with E-state index in [-0.39, 0.29) is 23.8 Å². The number of carbonyl (C=O) groups is 2. The molecule has 2 atom stereocenters. The summed E-state index contributed by atoms with van der Waals surface area (Å²) in [5.41, 5.74) is 0. The van der Waals surface area contributed by atoms with Crippen LogP contribution >= 0.6 is 0 Å². The van der Waals surface area contributed by atoms with Crippen LogP contribution in [0, 0.1) is 5.92 Å². The molecular formula is C17H32N2O2. The van der Waals surface area contributed by atoms with Crippen LogP contribution in [-0.4, -0.2) is 35.8 Å². The standard InChI is InChI=1S/C17H32N2O2/c1-4-6-8-9-10-14(3)18-17(21)15-12-16(20)19(13-15)11-7-5-2/h14-15H,4-13H2,1-3H3,(H,18,21). The third-order valence-electron chi connectivity index (χ3n) is 4.25. The maximum absolute atomic E-state index is 12.2. The highest BCUT2D eigenvalue weighted by Gasteiger charge is 2.34. The van der Waals surface area contributed by atoms with E-state index in [1.165, 1.54) is 25.7 Å². The lowest BCUT2D eigenvalue weighted by molar-refractivity contribution is -0.129. The van der Waals surface area contributed by atoms with Crippen molar-refractivity contribution in [3.8, 4) is 0 Å². The second-order valence-electron chi connectivity index (χ2n) is 6.35. The minimum Gasteiger partial charge on any atom is -0.353 e. The van der Waals surface area contributed by atoms with Gasteiger partial charge in [-0.25, -0.2) is 0 Å². The molecule has 1 N–H and O–H groups in total. The van der Waals surface area contributed by atoms with Gasteiger partial charge in [-0.15, -0.1) is 0 Å². The van der Waals surface area contributed by atoms with Crippen LogP contribution < -0.4 is 5.32 Å². The number of unbranched alkanes of at least 4 members (excludes halogenated alkanes) is 4. The van der Waals surface area contributed by atoms with Crippen molar-refractivity contribution in [2.45, 2.75) is 78.2 Å². The van der Waals surface area contributed by atoms with Gasteiger partial charge in [0.05, 0.1) is 5.92 Å². The first-order valence-electron chi connectivity index (χ1n) is 8.66. The van der Waals surface area contributed by atoms with Crippen LogP contribution in [0.15, 0.2) is 0 Å². The fourth-order valence-corrected chi connectivity index (χ4v) is 2.82. The van der Waals surface area contributed by atoms with Crippen LogP contribution in [-0.2, 0) is 9.59 Å². The lowest BCUT2D eigenvalue weighted by Gasteiger charge is -2.18. The Morgan fingerprint density at radius 1 is 1.24 bits per heavy atom. The van der Waals surface area contributed by atoms with Crippen LogP contribution in [0.25, 0.3) is 0 Å². The predicted octanol–water partition coefficient (Wildman–Crippen LogP) is 3.11. The molecule has 0 aromatic carbocycles. The third-order valence-corrected chi connectivity index (χ3v) is 4.25. The van der Waals surface area contributed by atoms with Gasteiger partial charge in [0.1, 0.15) is 0 Å². The fourth-order valence-electron chi connectivity index (χ4n) is 2.82. The lowest BCUT2D eigenvalue weighted by atomic mass is 10.1. The number of hydrogen-bond donors (Lipinski definition) is 1. The molecule has 0 bridgehead atoms. The highest BCUT2D eigenvalue weighted by Crippen LogP contribution is 2.19. The molecule has 1 rings (SSSR count). The molecule has 1 saturated heterocycles. The van der Waals surface area contributed by atoms with Crippen LogP contribution in [0.4, 0.5) is 0 Å². The van der Waals surface area contributed by atoms with E-state index in [4.69, 9.17) is 0 Å². The first-order chi connectivity index (χ1) is 10.1. The van der Waals surface area contributed by atoms with E-state index in [9.17, 15) is 9.59 Å². The highest BCUT2D eigenvalue weighted by atomic mass is 16.2. The van der Waals surface area contributed by atoms with E-state index >= 15 is 0 Å². The van der Waals surface area contributed by atoms with E-state index in [1.807, 2.05) is 4.90 Å². The Morgan fingerprint density at radius 3 is 2.62 bits per heavy atom. The smallest absolute Gasteiger partial charge is 0.225 e. The van der Waals surface area contributed by atoms with E-state index < -0.39 is 0 Å². The SMILES string of the molecule is CCCCCCC(C)NC(=O)C1CC(=O)N(CCCC)C1. The van der Waals surface area contributed by atoms with Gasteiger partial charge in [0.2, 0.25) is 11.8 Å². The molecule has 1 aliphatic rings. The Hall–Kier alpha value is -1.06. The second kappa shape index (κ2) is 9.80. The van der Waals surface area contributed by atoms with Gasteiger partial charge in [0.15, 0.2) is 0 Å². The lowest BCUT2D eigenvalue weighted by Crippen LogP contribution is -2.38. The number of nitrogens with one attached hydrogen (secondary N) is 1. The Balaban J connectivity index is 2.27. The average Bonchev–Trinajstić information content (AvgIpc) is 2.83. The van der Waals surface area contributed by atoms with Crippen LogP contribution in [0.1, 0.15) is 72.1 Å². The van der Waals surface area contributed by atoms with Gasteiger partial charge in [-0.1, -0.05) is 46.0 Å². The Labute approximate surface area is 129 Å². The number of rotatable bonds is 10. The summed E-state index contributed by atoms with van der Waals surface area (Å²) >= 11 is 0. The maximum Gasteiger partial charge on any atom is 0.225 e. The van der Waals surface area contributed by atoms with Crippen molar-refractivity contribution in [3.05, 3.63) is 0 Å². The van der Waals surface area contributed by atoms with Crippen molar-refractivity contribution in [2.24, 2.45) is 5.92 Å². The first kappa shape index (κ1) is 18.0. The molecule has 0 spiro atoms. The topological polar surface area (TPSA) is 49.4 Å². The zero-order valence-electron chi connectivity index (χ0n) is 14.0. The number of carbonyl (C=O) groups excluding carboxylic acids is 2. The Kier molecular flexibility index (Phi) is 8.40. The number of amides is 2. The summed E-state index contributed by atoms with van der Waals surface area (Å²) in [6, 6.07) is 0.217. The molecule has 0 radical (unpaired) electrons. The minimum atomic E-state index is -0.146. The monoisotopic (exact) mass is 296 g/mol. The van der Waals surface area contributed by atoms with Crippen molar-refractivity contribution in [1.29, 1.82) is 0 Å². The highest BCUT2D eigenvalue weighted by molar-refractivity contribution is 5.89. The van der Waals surface area contributed by atoms with Crippen molar-refractivity contribution in [2.75, 3.05) is 13.1 Å². The van der Waals surface area contributed by atoms with Crippen LogP contribution in [0.5, 0.6) is 0 Å². The molecule has 4 nitrogen and oxygen atoms in total. The van der Waals surface area contributed by atoms with Crippen molar-refractivity contribution >= 4 is 11.8 Å². The van der Waals surface area contributed by atoms with Gasteiger partial charge in [-0.2, -0.15) is 0 Å². The van der Waals surface area contributed by atoms with E-state index in [0.29, 0.717) is 13.0 Å². The van der Waals surface area contributed by atoms with Gasteiger partial charge < -0.3 is 10.2 Å². The second-order valence-corrected chi connectivity index (χ2v) is 6.35. The normalized spacial score (nSPS) is 19.9. The number of hydrogen-bond acceptors (Lipinski definition) is 2. The molecule has 2 amide bonds. The van der Waals surface area contributed by atoms with E-state index in [2.05, 4.69) is 26.1 Å². The molecule has 0 saturated carbocycles. The summed E-state index contributed by atoms with van der Waals surface area (Å²) in [4.78, 5) is 25.9. The fraction of sp³-hybridized carbons (Fsp3) is 0.882. The molecule has 0 aromatic heterocycles. The molecule has 4 heteroatoms. The van der Waals surface area contributed by atoms with E-state index in [1.54, 1.807) is 0 Å². The number of nitrogens with zero attached hydrogens (tertiary/aromatic N) is 1. The molecule has 1 fully saturated rings. The Morgan fingerprint density at radius 2 is 1.95 bits per heavy atom. The Bertz CT molecular complexity index is 331. The molecule has 1 heterocycles. The summed E-state index contributed by atoms with van der Waals surface area (Å²) < 4.78 is 0. The van der Waals surface area contributed by atoms with E-state index in [0.717, 1.165) is 25.8 Å². The number of likely N-dealkylation sites (tertiary alicyclic amines) is 1. The summed E-state index contributed by atoms with van der Waals surface area (Å²) in [6.45, 7) is 7.78. The molecule has 122 valence electrons. The molecule has 21 heavy (non-hydrogen) atoms. The van der Waals surface area contributed by atoms with Crippen molar-refractivity contribution in [3.63, 3.8) is 0 Å². The first-order valence-corrected chi connectivity index (χ1v) is 8.66. The van der Waals surface area contributed by atoms with Gasteiger partial charge >= 0.3 is 0 Å². The van der Waals surface area contributed by atoms with Gasteiger partial charge in [0.25, 0.3) is 0 Å². The van der Waals surface area contributed by atoms with Crippen molar-refractivity contribution in [1.82, 2.24) is 10.2 Å². The zero-order valence-corrected chi connectivity index (χ0v) is 14.0. The third kappa shape index (κ3) is 6.49. The molecular weight excluding hydrogens is 264 g/mol. The average molecular weight is 296 g/mol. The molecule has 0 aromatic rings. The van der Waals surface area contributed by atoms with Gasteiger partial charge in [0, 0.05) is 25.6 Å². The molecule has 2 unspecified atom stereocenters. The quantitative estimate of drug-likeness (QED) is 0.630. The summed E-state index contributed by atoms with van der Waals surface area (Å²) in [6.07, 6.45) is 8.43. The summed E-state index contributed by atoms with van der Waals surface area (Å²) in [5, 5.41) is 3.08.